The van der Waals surface area contributed by atoms with E-state index in [9.17, 15) is 19.5 Å². The number of carbonyl (C=O) groups is 2. The summed E-state index contributed by atoms with van der Waals surface area (Å²) in [6.07, 6.45) is 5.22. The van der Waals surface area contributed by atoms with Crippen molar-refractivity contribution in [3.8, 4) is 39.4 Å². The number of likely N-dealkylation sites (tertiary alicyclic amines) is 1. The number of rotatable bonds is 11. The van der Waals surface area contributed by atoms with Gasteiger partial charge in [-0.15, -0.1) is 0 Å². The average molecular weight is 728 g/mol. The minimum Gasteiger partial charge on any atom is -0.481 e. The van der Waals surface area contributed by atoms with E-state index in [-0.39, 0.29) is 23.4 Å². The molecule has 2 saturated heterocycles. The van der Waals surface area contributed by atoms with Gasteiger partial charge in [0.05, 0.1) is 28.8 Å². The molecule has 0 spiro atoms. The molecule has 0 aliphatic carbocycles. The second-order valence-corrected chi connectivity index (χ2v) is 13.7. The Morgan fingerprint density at radius 2 is 1.75 bits per heavy atom. The largest absolute Gasteiger partial charge is 0.481 e. The number of carboxylic acid groups (broad SMARTS) is 1. The number of carbonyl (C=O) groups excluding carboxylic acids is 1. The molecule has 5 aromatic rings. The molecule has 3 N–H and O–H groups in total. The summed E-state index contributed by atoms with van der Waals surface area (Å²) in [7, 11) is 1.57. The van der Waals surface area contributed by atoms with Gasteiger partial charge in [-0.1, -0.05) is 65.7 Å². The van der Waals surface area contributed by atoms with Crippen LogP contribution in [0.4, 0.5) is 0 Å². The Hall–Kier alpha value is -4.81. The smallest absolute Gasteiger partial charge is 0.307 e. The summed E-state index contributed by atoms with van der Waals surface area (Å²) >= 11 is 14.2. The van der Waals surface area contributed by atoms with Crippen molar-refractivity contribution < 1.29 is 19.4 Å². The van der Waals surface area contributed by atoms with Gasteiger partial charge in [-0.25, -0.2) is 9.97 Å². The van der Waals surface area contributed by atoms with Gasteiger partial charge in [0.2, 0.25) is 11.8 Å². The Labute approximate surface area is 304 Å². The molecule has 51 heavy (non-hydrogen) atoms. The highest BCUT2D eigenvalue weighted by atomic mass is 35.5. The summed E-state index contributed by atoms with van der Waals surface area (Å²) in [5, 5.41) is 16.5. The van der Waals surface area contributed by atoms with Crippen LogP contribution < -0.4 is 20.9 Å². The molecule has 11 nitrogen and oxygen atoms in total. The number of amides is 1. The summed E-state index contributed by atoms with van der Waals surface area (Å²) in [6, 6.07) is 19.0. The maximum atomic E-state index is 13.3. The molecule has 2 aliphatic rings. The first kappa shape index (κ1) is 34.6. The van der Waals surface area contributed by atoms with E-state index in [1.807, 2.05) is 60.7 Å². The molecular formula is C38H36Cl2N6O5. The van der Waals surface area contributed by atoms with Gasteiger partial charge in [0, 0.05) is 84.4 Å². The van der Waals surface area contributed by atoms with E-state index in [1.54, 1.807) is 19.5 Å². The number of nitrogens with one attached hydrogen (secondary N) is 2. The molecule has 0 radical (unpaired) electrons. The quantitative estimate of drug-likeness (QED) is 0.157. The fraction of sp³-hybridized carbons (Fsp3) is 0.289. The highest BCUT2D eigenvalue weighted by Crippen LogP contribution is 2.42. The summed E-state index contributed by atoms with van der Waals surface area (Å²) in [6.45, 7) is 2.66. The van der Waals surface area contributed by atoms with Crippen molar-refractivity contribution in [3.63, 3.8) is 0 Å². The first-order chi connectivity index (χ1) is 24.7. The molecule has 2 fully saturated rings. The molecule has 0 saturated carbocycles. The number of carboxylic acids is 1. The lowest BCUT2D eigenvalue weighted by atomic mass is 9.97. The maximum absolute atomic E-state index is 13.3. The lowest BCUT2D eigenvalue weighted by Crippen LogP contribution is -2.36. The molecule has 2 aliphatic heterocycles. The third-order valence-electron chi connectivity index (χ3n) is 9.59. The van der Waals surface area contributed by atoms with Crippen molar-refractivity contribution in [1.82, 2.24) is 29.9 Å². The van der Waals surface area contributed by atoms with Crippen LogP contribution in [0, 0.1) is 5.92 Å². The summed E-state index contributed by atoms with van der Waals surface area (Å²) in [4.78, 5) is 47.6. The molecule has 3 aromatic heterocycles. The Morgan fingerprint density at radius 1 is 1.00 bits per heavy atom. The van der Waals surface area contributed by atoms with Crippen LogP contribution in [-0.2, 0) is 22.7 Å². The summed E-state index contributed by atoms with van der Waals surface area (Å²) < 4.78 is 7.17. The van der Waals surface area contributed by atoms with Crippen molar-refractivity contribution in [1.29, 1.82) is 0 Å². The topological polar surface area (TPSA) is 138 Å². The van der Waals surface area contributed by atoms with Crippen molar-refractivity contribution in [3.05, 3.63) is 105 Å². The highest BCUT2D eigenvalue weighted by molar-refractivity contribution is 6.39. The van der Waals surface area contributed by atoms with Crippen molar-refractivity contribution in [2.24, 2.45) is 5.92 Å². The number of hydrogen-bond acceptors (Lipinski definition) is 8. The molecule has 2 aromatic carbocycles. The Balaban J connectivity index is 1.12. The minimum atomic E-state index is -0.767. The zero-order valence-electron chi connectivity index (χ0n) is 27.9. The van der Waals surface area contributed by atoms with Gasteiger partial charge in [-0.05, 0) is 43.1 Å². The number of halogens is 2. The second-order valence-electron chi connectivity index (χ2n) is 12.9. The number of benzene rings is 2. The zero-order valence-corrected chi connectivity index (χ0v) is 29.4. The third-order valence-corrected chi connectivity index (χ3v) is 10.4. The fourth-order valence-electron chi connectivity index (χ4n) is 6.85. The number of fused-ring (bicyclic) bond motifs is 1. The number of aromatic nitrogens is 3. The first-order valence-corrected chi connectivity index (χ1v) is 17.5. The van der Waals surface area contributed by atoms with E-state index in [0.29, 0.717) is 84.0 Å². The zero-order chi connectivity index (χ0) is 35.6. The lowest BCUT2D eigenvalue weighted by Gasteiger charge is -2.18. The van der Waals surface area contributed by atoms with Crippen molar-refractivity contribution in [2.45, 2.75) is 38.4 Å². The number of ether oxygens (including phenoxy) is 1. The van der Waals surface area contributed by atoms with Crippen LogP contribution in [0.25, 0.3) is 39.2 Å². The molecule has 0 unspecified atom stereocenters. The number of aliphatic carboxylic acids is 1. The molecule has 2 atom stereocenters. The van der Waals surface area contributed by atoms with Crippen LogP contribution in [0.1, 0.15) is 30.4 Å². The van der Waals surface area contributed by atoms with E-state index in [1.165, 1.54) is 4.40 Å². The molecule has 13 heteroatoms. The molecule has 7 rings (SSSR count). The Bertz CT molecular complexity index is 2210. The van der Waals surface area contributed by atoms with E-state index in [4.69, 9.17) is 32.9 Å². The van der Waals surface area contributed by atoms with Gasteiger partial charge in [-0.3, -0.25) is 23.7 Å². The summed E-state index contributed by atoms with van der Waals surface area (Å²) in [5.41, 5.74) is 6.06. The van der Waals surface area contributed by atoms with Crippen LogP contribution in [0.3, 0.4) is 0 Å². The van der Waals surface area contributed by atoms with Crippen LogP contribution in [0.15, 0.2) is 77.9 Å². The van der Waals surface area contributed by atoms with Gasteiger partial charge < -0.3 is 20.5 Å². The van der Waals surface area contributed by atoms with E-state index in [0.717, 1.165) is 34.2 Å². The van der Waals surface area contributed by atoms with Gasteiger partial charge in [0.15, 0.2) is 0 Å². The predicted molar refractivity (Wildman–Crippen MR) is 196 cm³/mol. The number of hydrogen-bond donors (Lipinski definition) is 3. The SMILES string of the molecule is COc1nc(-c2cccc(-c3cccc(-c4ccn5c(=O)c(CNC[C@@H]6CCC(=O)N6)cnc5c4)c3Cl)c2Cl)ccc1CN1CC[C@@H](C(=O)O)C1. The number of methoxy groups -OCH3 is 1. The third kappa shape index (κ3) is 7.20. The van der Waals surface area contributed by atoms with Crippen LogP contribution in [-0.4, -0.2) is 69.0 Å². The number of nitrogens with zero attached hydrogens (tertiary/aromatic N) is 4. The average Bonchev–Trinajstić information content (AvgIpc) is 3.78. The van der Waals surface area contributed by atoms with Gasteiger partial charge in [0.25, 0.3) is 5.56 Å². The molecule has 0 bridgehead atoms. The van der Waals surface area contributed by atoms with Gasteiger partial charge in [0.1, 0.15) is 5.65 Å². The Morgan fingerprint density at radius 3 is 2.45 bits per heavy atom. The van der Waals surface area contributed by atoms with E-state index in [2.05, 4.69) is 20.5 Å². The minimum absolute atomic E-state index is 0.0568. The summed E-state index contributed by atoms with van der Waals surface area (Å²) in [5.74, 6) is -0.615. The van der Waals surface area contributed by atoms with E-state index < -0.39 is 5.97 Å². The molecular weight excluding hydrogens is 691 g/mol. The predicted octanol–water partition coefficient (Wildman–Crippen LogP) is 5.68. The Kier molecular flexibility index (Phi) is 10.1. The van der Waals surface area contributed by atoms with Crippen molar-refractivity contribution in [2.75, 3.05) is 26.7 Å². The standard InChI is InChI=1S/C38H36Cl2N6O5/c1-51-36-23(20-45-14-12-24(21-45)38(49)50)8-10-31(44-36)30-7-3-6-29(35(30)40)28-5-2-4-27(34(28)39)22-13-15-46-32(16-22)42-18-25(37(46)48)17-41-19-26-9-11-33(47)43-26/h2-8,10,13,15-16,18,24,26,41H,9,11-12,14,17,19-21H2,1H3,(H,43,47)(H,49,50)/t24-,26+/m1/s1. The molecule has 1 amide bonds. The first-order valence-electron chi connectivity index (χ1n) is 16.8. The van der Waals surface area contributed by atoms with Crippen LogP contribution in [0.2, 0.25) is 10.0 Å². The van der Waals surface area contributed by atoms with E-state index >= 15 is 0 Å². The van der Waals surface area contributed by atoms with Crippen molar-refractivity contribution >= 4 is 40.7 Å². The highest BCUT2D eigenvalue weighted by Gasteiger charge is 2.29. The monoisotopic (exact) mass is 726 g/mol. The second kappa shape index (κ2) is 14.8. The lowest BCUT2D eigenvalue weighted by molar-refractivity contribution is -0.141. The normalized spacial score (nSPS) is 17.6. The fourth-order valence-corrected chi connectivity index (χ4v) is 7.51. The van der Waals surface area contributed by atoms with Crippen LogP contribution >= 0.6 is 23.2 Å². The van der Waals surface area contributed by atoms with Gasteiger partial charge in [-0.2, -0.15) is 0 Å². The van der Waals surface area contributed by atoms with Crippen LogP contribution in [0.5, 0.6) is 5.88 Å². The number of pyridine rings is 2. The molecule has 5 heterocycles. The van der Waals surface area contributed by atoms with Gasteiger partial charge >= 0.3 is 5.97 Å². The molecule has 262 valence electrons. The maximum Gasteiger partial charge on any atom is 0.307 e.